The topological polar surface area (TPSA) is 29.5 Å². The molecule has 0 bridgehead atoms. The molecule has 0 fully saturated rings. The van der Waals surface area contributed by atoms with Crippen LogP contribution in [0.25, 0.3) is 0 Å². The summed E-state index contributed by atoms with van der Waals surface area (Å²) in [5.41, 5.74) is 0. The second-order valence-electron chi connectivity index (χ2n) is 2.13. The van der Waals surface area contributed by atoms with E-state index in [2.05, 4.69) is 6.08 Å². The van der Waals surface area contributed by atoms with Crippen molar-refractivity contribution < 1.29 is 9.84 Å². The number of hydrogen-bond acceptors (Lipinski definition) is 2. The molecule has 0 unspecified atom stereocenters. The van der Waals surface area contributed by atoms with Crippen molar-refractivity contribution in [3.63, 3.8) is 0 Å². The van der Waals surface area contributed by atoms with Crippen molar-refractivity contribution in [3.8, 4) is 0 Å². The molecule has 1 rings (SSSR count). The van der Waals surface area contributed by atoms with Gasteiger partial charge in [-0.25, -0.2) is 0 Å². The normalized spacial score (nSPS) is 18.6. The molecular weight excluding hydrogens is 116 g/mol. The Balaban J connectivity index is 2.28. The molecule has 1 aliphatic heterocycles. The molecule has 0 aromatic rings. The quantitative estimate of drug-likeness (QED) is 0.602. The van der Waals surface area contributed by atoms with Gasteiger partial charge in [-0.2, -0.15) is 0 Å². The fourth-order valence-corrected chi connectivity index (χ4v) is 0.893. The first-order chi connectivity index (χ1) is 4.43. The molecule has 2 nitrogen and oxygen atoms in total. The maximum absolute atomic E-state index is 8.50. The van der Waals surface area contributed by atoms with Crippen molar-refractivity contribution in [2.75, 3.05) is 13.2 Å². The Morgan fingerprint density at radius 1 is 1.67 bits per heavy atom. The predicted molar refractivity (Wildman–Crippen MR) is 35.0 cm³/mol. The summed E-state index contributed by atoms with van der Waals surface area (Å²) in [5.74, 6) is 0.962. The van der Waals surface area contributed by atoms with Gasteiger partial charge in [0, 0.05) is 6.42 Å². The van der Waals surface area contributed by atoms with E-state index in [1.165, 1.54) is 0 Å². The molecule has 2 heteroatoms. The van der Waals surface area contributed by atoms with Crippen LogP contribution >= 0.6 is 0 Å². The van der Waals surface area contributed by atoms with E-state index < -0.39 is 0 Å². The standard InChI is InChI=1S/C7H12O2/c8-5-4-7-3-1-2-6-9-7/h3,8H,1-2,4-6H2. The second kappa shape index (κ2) is 3.51. The van der Waals surface area contributed by atoms with Gasteiger partial charge in [-0.05, 0) is 18.9 Å². The molecule has 0 saturated carbocycles. The van der Waals surface area contributed by atoms with Gasteiger partial charge in [0.05, 0.1) is 19.0 Å². The van der Waals surface area contributed by atoms with Gasteiger partial charge < -0.3 is 9.84 Å². The highest BCUT2D eigenvalue weighted by Crippen LogP contribution is 2.11. The Labute approximate surface area is 55.1 Å². The van der Waals surface area contributed by atoms with Gasteiger partial charge in [-0.15, -0.1) is 0 Å². The van der Waals surface area contributed by atoms with Crippen LogP contribution in [0, 0.1) is 0 Å². The van der Waals surface area contributed by atoms with Gasteiger partial charge in [-0.1, -0.05) is 0 Å². The molecule has 0 radical (unpaired) electrons. The molecule has 9 heavy (non-hydrogen) atoms. The average Bonchev–Trinajstić information content (AvgIpc) is 1.91. The molecule has 1 aliphatic rings. The zero-order valence-electron chi connectivity index (χ0n) is 5.47. The number of allylic oxidation sites excluding steroid dienone is 1. The van der Waals surface area contributed by atoms with Gasteiger partial charge in [-0.3, -0.25) is 0 Å². The highest BCUT2D eigenvalue weighted by Gasteiger charge is 2.01. The van der Waals surface area contributed by atoms with Crippen LogP contribution in [0.2, 0.25) is 0 Å². The minimum atomic E-state index is 0.200. The molecule has 0 atom stereocenters. The third kappa shape index (κ3) is 2.06. The molecule has 0 amide bonds. The van der Waals surface area contributed by atoms with Crippen molar-refractivity contribution >= 4 is 0 Å². The van der Waals surface area contributed by atoms with E-state index in [0.717, 1.165) is 25.2 Å². The molecule has 52 valence electrons. The van der Waals surface area contributed by atoms with Gasteiger partial charge in [0.15, 0.2) is 0 Å². The molecule has 1 heterocycles. The van der Waals surface area contributed by atoms with Crippen LogP contribution in [-0.2, 0) is 4.74 Å². The summed E-state index contributed by atoms with van der Waals surface area (Å²) in [7, 11) is 0. The van der Waals surface area contributed by atoms with E-state index in [0.29, 0.717) is 6.42 Å². The monoisotopic (exact) mass is 128 g/mol. The Kier molecular flexibility index (Phi) is 2.58. The highest BCUT2D eigenvalue weighted by molar-refractivity contribution is 4.95. The predicted octanol–water partition coefficient (Wildman–Crippen LogP) is 1.06. The van der Waals surface area contributed by atoms with E-state index in [9.17, 15) is 0 Å². The van der Waals surface area contributed by atoms with Crippen LogP contribution in [0.4, 0.5) is 0 Å². The minimum Gasteiger partial charge on any atom is -0.498 e. The molecule has 0 aromatic carbocycles. The zero-order chi connectivity index (χ0) is 6.53. The van der Waals surface area contributed by atoms with Crippen molar-refractivity contribution in [2.45, 2.75) is 19.3 Å². The molecule has 0 aliphatic carbocycles. The van der Waals surface area contributed by atoms with Crippen molar-refractivity contribution in [2.24, 2.45) is 0 Å². The van der Waals surface area contributed by atoms with E-state index in [1.807, 2.05) is 0 Å². The number of aliphatic hydroxyl groups excluding tert-OH is 1. The molecule has 0 spiro atoms. The lowest BCUT2D eigenvalue weighted by molar-refractivity contribution is 0.167. The fourth-order valence-electron chi connectivity index (χ4n) is 0.893. The van der Waals surface area contributed by atoms with Crippen molar-refractivity contribution in [1.82, 2.24) is 0 Å². The first kappa shape index (κ1) is 6.62. The lowest BCUT2D eigenvalue weighted by Crippen LogP contribution is -2.02. The van der Waals surface area contributed by atoms with E-state index >= 15 is 0 Å². The Bertz CT molecular complexity index is 107. The summed E-state index contributed by atoms with van der Waals surface area (Å²) < 4.78 is 5.22. The van der Waals surface area contributed by atoms with Crippen molar-refractivity contribution in [1.29, 1.82) is 0 Å². The highest BCUT2D eigenvalue weighted by atomic mass is 16.5. The third-order valence-electron chi connectivity index (χ3n) is 1.37. The smallest absolute Gasteiger partial charge is 0.0942 e. The van der Waals surface area contributed by atoms with Crippen LogP contribution in [0.5, 0.6) is 0 Å². The summed E-state index contributed by atoms with van der Waals surface area (Å²) >= 11 is 0. The summed E-state index contributed by atoms with van der Waals surface area (Å²) in [6.07, 6.45) is 4.96. The summed E-state index contributed by atoms with van der Waals surface area (Å²) in [6, 6.07) is 0. The molecule has 0 aromatic heterocycles. The Hall–Kier alpha value is -0.500. The number of rotatable bonds is 2. The van der Waals surface area contributed by atoms with E-state index in [1.54, 1.807) is 0 Å². The molecular formula is C7H12O2. The average molecular weight is 128 g/mol. The first-order valence-corrected chi connectivity index (χ1v) is 3.36. The largest absolute Gasteiger partial charge is 0.498 e. The summed E-state index contributed by atoms with van der Waals surface area (Å²) in [4.78, 5) is 0. The zero-order valence-corrected chi connectivity index (χ0v) is 5.47. The maximum atomic E-state index is 8.50. The second-order valence-corrected chi connectivity index (χ2v) is 2.13. The van der Waals surface area contributed by atoms with E-state index in [4.69, 9.17) is 9.84 Å². The van der Waals surface area contributed by atoms with Crippen LogP contribution in [0.15, 0.2) is 11.8 Å². The first-order valence-electron chi connectivity index (χ1n) is 3.36. The van der Waals surface area contributed by atoms with Crippen LogP contribution < -0.4 is 0 Å². The Morgan fingerprint density at radius 2 is 2.56 bits per heavy atom. The van der Waals surface area contributed by atoms with Gasteiger partial charge in [0.1, 0.15) is 0 Å². The Morgan fingerprint density at radius 3 is 3.11 bits per heavy atom. The van der Waals surface area contributed by atoms with Crippen LogP contribution in [0.3, 0.4) is 0 Å². The summed E-state index contributed by atoms with van der Waals surface area (Å²) in [5, 5.41) is 8.50. The maximum Gasteiger partial charge on any atom is 0.0942 e. The van der Waals surface area contributed by atoms with Gasteiger partial charge >= 0.3 is 0 Å². The minimum absolute atomic E-state index is 0.200. The van der Waals surface area contributed by atoms with Crippen molar-refractivity contribution in [3.05, 3.63) is 11.8 Å². The van der Waals surface area contributed by atoms with Crippen LogP contribution in [-0.4, -0.2) is 18.3 Å². The number of hydrogen-bond donors (Lipinski definition) is 1. The number of aliphatic hydroxyl groups is 1. The third-order valence-corrected chi connectivity index (χ3v) is 1.37. The van der Waals surface area contributed by atoms with E-state index in [-0.39, 0.29) is 6.61 Å². The lowest BCUT2D eigenvalue weighted by Gasteiger charge is -2.13. The lowest BCUT2D eigenvalue weighted by atomic mass is 10.2. The number of ether oxygens (including phenoxy) is 1. The van der Waals surface area contributed by atoms with Crippen LogP contribution in [0.1, 0.15) is 19.3 Å². The van der Waals surface area contributed by atoms with Gasteiger partial charge in [0.25, 0.3) is 0 Å². The molecule has 0 saturated heterocycles. The SMILES string of the molecule is OCCC1=CCCCO1. The summed E-state index contributed by atoms with van der Waals surface area (Å²) in [6.45, 7) is 1.03. The molecule has 1 N–H and O–H groups in total. The van der Waals surface area contributed by atoms with Gasteiger partial charge in [0.2, 0.25) is 0 Å². The fraction of sp³-hybridized carbons (Fsp3) is 0.714.